The minimum Gasteiger partial charge on any atom is -0.339 e. The summed E-state index contributed by atoms with van der Waals surface area (Å²) in [7, 11) is 0. The Labute approximate surface area is 160 Å². The molecule has 1 amide bonds. The second-order valence-corrected chi connectivity index (χ2v) is 7.44. The highest BCUT2D eigenvalue weighted by Gasteiger charge is 2.26. The SMILES string of the molecule is CCN(CC)CC1CCN(C(=O)c2cc(F)cc3nc(C)c(C)nc23)CC1. The molecule has 0 atom stereocenters. The van der Waals surface area contributed by atoms with E-state index >= 15 is 0 Å². The average molecular weight is 372 g/mol. The summed E-state index contributed by atoms with van der Waals surface area (Å²) in [6, 6.07) is 2.65. The van der Waals surface area contributed by atoms with Crippen LogP contribution in [-0.4, -0.2) is 58.4 Å². The zero-order chi connectivity index (χ0) is 19.6. The molecular formula is C21H29FN4O. The van der Waals surface area contributed by atoms with Gasteiger partial charge in [-0.1, -0.05) is 13.8 Å². The van der Waals surface area contributed by atoms with Crippen molar-refractivity contribution >= 4 is 16.9 Å². The predicted octanol–water partition coefficient (Wildman–Crippen LogP) is 3.58. The molecule has 6 heteroatoms. The lowest BCUT2D eigenvalue weighted by atomic mass is 9.95. The summed E-state index contributed by atoms with van der Waals surface area (Å²) >= 11 is 0. The molecule has 1 aromatic carbocycles. The van der Waals surface area contributed by atoms with Gasteiger partial charge in [-0.05, 0) is 51.8 Å². The zero-order valence-corrected chi connectivity index (χ0v) is 16.8. The molecule has 1 saturated heterocycles. The Kier molecular flexibility index (Phi) is 6.05. The van der Waals surface area contributed by atoms with Crippen LogP contribution in [0.5, 0.6) is 0 Å². The molecule has 0 radical (unpaired) electrons. The lowest BCUT2D eigenvalue weighted by Gasteiger charge is -2.34. The molecule has 1 aromatic heterocycles. The van der Waals surface area contributed by atoms with Gasteiger partial charge < -0.3 is 9.80 Å². The Bertz CT molecular complexity index is 827. The van der Waals surface area contributed by atoms with Crippen LogP contribution >= 0.6 is 0 Å². The van der Waals surface area contributed by atoms with Gasteiger partial charge in [0.15, 0.2) is 0 Å². The Morgan fingerprint density at radius 2 is 1.78 bits per heavy atom. The van der Waals surface area contributed by atoms with Crippen LogP contribution in [0.1, 0.15) is 48.4 Å². The first-order chi connectivity index (χ1) is 12.9. The average Bonchev–Trinajstić information content (AvgIpc) is 2.66. The Morgan fingerprint density at radius 3 is 2.41 bits per heavy atom. The van der Waals surface area contributed by atoms with Crippen LogP contribution in [0.2, 0.25) is 0 Å². The Hall–Kier alpha value is -2.08. The molecular weight excluding hydrogens is 343 g/mol. The number of amides is 1. The molecule has 3 rings (SSSR count). The molecule has 146 valence electrons. The lowest BCUT2D eigenvalue weighted by Crippen LogP contribution is -2.41. The van der Waals surface area contributed by atoms with Gasteiger partial charge in [-0.25, -0.2) is 14.4 Å². The minimum atomic E-state index is -0.445. The van der Waals surface area contributed by atoms with Crippen molar-refractivity contribution in [2.75, 3.05) is 32.7 Å². The molecule has 0 saturated carbocycles. The van der Waals surface area contributed by atoms with Crippen LogP contribution in [0.25, 0.3) is 11.0 Å². The maximum Gasteiger partial charge on any atom is 0.256 e. The monoisotopic (exact) mass is 372 g/mol. The van der Waals surface area contributed by atoms with Crippen molar-refractivity contribution in [2.24, 2.45) is 5.92 Å². The van der Waals surface area contributed by atoms with Crippen molar-refractivity contribution in [1.29, 1.82) is 0 Å². The number of piperidine rings is 1. The van der Waals surface area contributed by atoms with Gasteiger partial charge in [-0.15, -0.1) is 0 Å². The first-order valence-corrected chi connectivity index (χ1v) is 9.89. The van der Waals surface area contributed by atoms with Crippen LogP contribution in [0, 0.1) is 25.6 Å². The molecule has 0 N–H and O–H groups in total. The summed E-state index contributed by atoms with van der Waals surface area (Å²) < 4.78 is 14.1. The van der Waals surface area contributed by atoms with Gasteiger partial charge in [0.25, 0.3) is 5.91 Å². The number of fused-ring (bicyclic) bond motifs is 1. The van der Waals surface area contributed by atoms with E-state index in [9.17, 15) is 9.18 Å². The van der Waals surface area contributed by atoms with E-state index in [1.54, 1.807) is 0 Å². The number of nitrogens with zero attached hydrogens (tertiary/aromatic N) is 4. The molecule has 0 bridgehead atoms. The third kappa shape index (κ3) is 4.26. The molecule has 0 unspecified atom stereocenters. The highest BCUT2D eigenvalue weighted by atomic mass is 19.1. The molecule has 1 aliphatic rings. The van der Waals surface area contributed by atoms with Crippen LogP contribution < -0.4 is 0 Å². The van der Waals surface area contributed by atoms with Gasteiger partial charge in [0.1, 0.15) is 11.3 Å². The van der Waals surface area contributed by atoms with Crippen molar-refractivity contribution in [3.63, 3.8) is 0 Å². The van der Waals surface area contributed by atoms with Crippen LogP contribution in [-0.2, 0) is 0 Å². The number of likely N-dealkylation sites (tertiary alicyclic amines) is 1. The molecule has 2 heterocycles. The van der Waals surface area contributed by atoms with Gasteiger partial charge in [-0.3, -0.25) is 4.79 Å². The van der Waals surface area contributed by atoms with Crippen LogP contribution in [0.15, 0.2) is 12.1 Å². The van der Waals surface area contributed by atoms with Gasteiger partial charge in [0.05, 0.1) is 22.5 Å². The molecule has 0 spiro atoms. The molecule has 5 nitrogen and oxygen atoms in total. The number of aromatic nitrogens is 2. The number of carbonyl (C=O) groups is 1. The van der Waals surface area contributed by atoms with Gasteiger partial charge in [-0.2, -0.15) is 0 Å². The summed E-state index contributed by atoms with van der Waals surface area (Å²) in [6.07, 6.45) is 1.97. The molecule has 27 heavy (non-hydrogen) atoms. The van der Waals surface area contributed by atoms with Gasteiger partial charge in [0, 0.05) is 25.7 Å². The number of aryl methyl sites for hydroxylation is 2. The van der Waals surface area contributed by atoms with Crippen molar-refractivity contribution in [3.8, 4) is 0 Å². The predicted molar refractivity (Wildman–Crippen MR) is 105 cm³/mol. The number of carbonyl (C=O) groups excluding carboxylic acids is 1. The summed E-state index contributed by atoms with van der Waals surface area (Å²) in [4.78, 5) is 26.3. The molecule has 2 aromatic rings. The maximum atomic E-state index is 14.1. The van der Waals surface area contributed by atoms with Crippen LogP contribution in [0.3, 0.4) is 0 Å². The Balaban J connectivity index is 1.78. The summed E-state index contributed by atoms with van der Waals surface area (Å²) in [5, 5.41) is 0. The summed E-state index contributed by atoms with van der Waals surface area (Å²) in [6.45, 7) is 12.7. The van der Waals surface area contributed by atoms with E-state index in [1.807, 2.05) is 18.7 Å². The molecule has 1 aliphatic heterocycles. The van der Waals surface area contributed by atoms with E-state index in [4.69, 9.17) is 0 Å². The largest absolute Gasteiger partial charge is 0.339 e. The second kappa shape index (κ2) is 8.30. The first kappa shape index (κ1) is 19.7. The fraction of sp³-hybridized carbons (Fsp3) is 0.571. The third-order valence-corrected chi connectivity index (χ3v) is 5.69. The number of hydrogen-bond donors (Lipinski definition) is 0. The summed E-state index contributed by atoms with van der Waals surface area (Å²) in [5.74, 6) is 0.0288. The topological polar surface area (TPSA) is 49.3 Å². The standard InChI is InChI=1S/C21H29FN4O/c1-5-25(6-2)13-16-7-9-26(10-8-16)21(27)18-11-17(22)12-19-20(18)24-15(4)14(3)23-19/h11-12,16H,5-10,13H2,1-4H3. The number of hydrogen-bond acceptors (Lipinski definition) is 4. The molecule has 1 fully saturated rings. The van der Waals surface area contributed by atoms with Crippen molar-refractivity contribution in [2.45, 2.75) is 40.5 Å². The highest BCUT2D eigenvalue weighted by molar-refractivity contribution is 6.04. The van der Waals surface area contributed by atoms with E-state index in [2.05, 4.69) is 28.7 Å². The normalized spacial score (nSPS) is 15.7. The van der Waals surface area contributed by atoms with Crippen molar-refractivity contribution in [3.05, 3.63) is 34.9 Å². The number of halogens is 1. The van der Waals surface area contributed by atoms with Gasteiger partial charge >= 0.3 is 0 Å². The highest BCUT2D eigenvalue weighted by Crippen LogP contribution is 2.24. The number of rotatable bonds is 5. The first-order valence-electron chi connectivity index (χ1n) is 9.89. The Morgan fingerprint density at radius 1 is 1.15 bits per heavy atom. The van der Waals surface area contributed by atoms with Crippen molar-refractivity contribution in [1.82, 2.24) is 19.8 Å². The second-order valence-electron chi connectivity index (χ2n) is 7.44. The van der Waals surface area contributed by atoms with Crippen molar-refractivity contribution < 1.29 is 9.18 Å². The summed E-state index contributed by atoms with van der Waals surface area (Å²) in [5.41, 5.74) is 2.78. The van der Waals surface area contributed by atoms with Gasteiger partial charge in [0.2, 0.25) is 0 Å². The smallest absolute Gasteiger partial charge is 0.256 e. The zero-order valence-electron chi connectivity index (χ0n) is 16.8. The van der Waals surface area contributed by atoms with Crippen LogP contribution in [0.4, 0.5) is 4.39 Å². The quantitative estimate of drug-likeness (QED) is 0.805. The van der Waals surface area contributed by atoms with E-state index in [-0.39, 0.29) is 5.91 Å². The number of benzene rings is 1. The fourth-order valence-corrected chi connectivity index (χ4v) is 3.80. The lowest BCUT2D eigenvalue weighted by molar-refractivity contribution is 0.0671. The van der Waals surface area contributed by atoms with E-state index in [1.165, 1.54) is 12.1 Å². The van der Waals surface area contributed by atoms with E-state index < -0.39 is 5.82 Å². The fourth-order valence-electron chi connectivity index (χ4n) is 3.80. The minimum absolute atomic E-state index is 0.140. The van der Waals surface area contributed by atoms with E-state index in [0.29, 0.717) is 35.6 Å². The van der Waals surface area contributed by atoms with E-state index in [0.717, 1.165) is 43.9 Å². The third-order valence-electron chi connectivity index (χ3n) is 5.69. The maximum absolute atomic E-state index is 14.1. The molecule has 0 aliphatic carbocycles.